The number of para-hydroxylation sites is 2. The number of hydrogen-bond donors (Lipinski definition) is 0. The number of fused-ring (bicyclic) bond motifs is 7. The van der Waals surface area contributed by atoms with Crippen molar-refractivity contribution in [2.24, 2.45) is 0 Å². The van der Waals surface area contributed by atoms with Gasteiger partial charge in [-0.1, -0.05) is 155 Å². The second-order valence-electron chi connectivity index (χ2n) is 17.2. The van der Waals surface area contributed by atoms with Crippen molar-refractivity contribution in [3.63, 3.8) is 0 Å². The monoisotopic (exact) mass is 749 g/mol. The molecule has 1 aliphatic carbocycles. The lowest BCUT2D eigenvalue weighted by molar-refractivity contribution is 0.333. The Balaban J connectivity index is 1.18. The van der Waals surface area contributed by atoms with Crippen LogP contribution in [0.15, 0.2) is 164 Å². The molecule has 3 aromatic heterocycles. The van der Waals surface area contributed by atoms with Crippen LogP contribution in [-0.4, -0.2) is 24.1 Å². The third kappa shape index (κ3) is 5.33. The van der Waals surface area contributed by atoms with E-state index in [1.165, 1.54) is 51.4 Å². The van der Waals surface area contributed by atoms with E-state index in [4.69, 9.17) is 15.0 Å². The standard InChI is InChI=1S/C53H43N5/c1-52(2)29-30-53(3,4)48-38(25-16-26-43(48)52)36-21-15-22-37(31-36)57-44-27-13-11-23-39(44)41-32-42-40-24-12-14-28-45(40)58(47(42)33-46(41)57)51-55-49(34-17-7-5-8-18-34)54-50(56-51)35-19-9-6-10-20-35/h5-28,31-33H,29-30H2,1-4H3. The molecule has 0 spiro atoms. The SMILES string of the molecule is CC1(C)CCC(C)(C)c2c(-c3cccc(-n4c5ccccc5c5cc6c7ccccc7n(-c7nc(-c8ccccc8)nc(-c8ccccc8)n7)c6cc54)c3)cccc21. The van der Waals surface area contributed by atoms with Gasteiger partial charge in [-0.2, -0.15) is 9.97 Å². The van der Waals surface area contributed by atoms with Gasteiger partial charge >= 0.3 is 0 Å². The predicted octanol–water partition coefficient (Wildman–Crippen LogP) is 13.4. The molecule has 0 aliphatic heterocycles. The summed E-state index contributed by atoms with van der Waals surface area (Å²) >= 11 is 0. The highest BCUT2D eigenvalue weighted by Gasteiger charge is 2.38. The Morgan fingerprint density at radius 2 is 0.948 bits per heavy atom. The molecule has 58 heavy (non-hydrogen) atoms. The van der Waals surface area contributed by atoms with E-state index >= 15 is 0 Å². The Hall–Kier alpha value is -6.85. The molecule has 5 heteroatoms. The van der Waals surface area contributed by atoms with Crippen LogP contribution in [0.2, 0.25) is 0 Å². The van der Waals surface area contributed by atoms with Gasteiger partial charge in [0.05, 0.1) is 22.1 Å². The maximum atomic E-state index is 5.21. The fourth-order valence-corrected chi connectivity index (χ4v) is 9.61. The molecule has 0 radical (unpaired) electrons. The Morgan fingerprint density at radius 3 is 1.60 bits per heavy atom. The minimum absolute atomic E-state index is 0.0824. The normalized spacial score (nSPS) is 14.7. The van der Waals surface area contributed by atoms with Crippen molar-refractivity contribution in [3.05, 3.63) is 175 Å². The van der Waals surface area contributed by atoms with Crippen LogP contribution in [0.25, 0.3) is 89.2 Å². The first kappa shape index (κ1) is 34.4. The van der Waals surface area contributed by atoms with E-state index in [1.54, 1.807) is 0 Å². The van der Waals surface area contributed by atoms with Crippen molar-refractivity contribution in [1.29, 1.82) is 0 Å². The smallest absolute Gasteiger partial charge is 0.238 e. The Kier molecular flexibility index (Phi) is 7.61. The molecule has 0 atom stereocenters. The van der Waals surface area contributed by atoms with Gasteiger partial charge in [0.1, 0.15) is 0 Å². The topological polar surface area (TPSA) is 48.5 Å². The summed E-state index contributed by atoms with van der Waals surface area (Å²) in [5.74, 6) is 1.86. The molecule has 5 nitrogen and oxygen atoms in total. The van der Waals surface area contributed by atoms with Crippen LogP contribution in [0.4, 0.5) is 0 Å². The summed E-state index contributed by atoms with van der Waals surface area (Å²) in [6.45, 7) is 9.65. The van der Waals surface area contributed by atoms with Crippen LogP contribution in [0.3, 0.4) is 0 Å². The van der Waals surface area contributed by atoms with Gasteiger partial charge in [0.15, 0.2) is 11.6 Å². The van der Waals surface area contributed by atoms with E-state index in [9.17, 15) is 0 Å². The van der Waals surface area contributed by atoms with E-state index < -0.39 is 0 Å². The molecule has 0 amide bonds. The zero-order valence-electron chi connectivity index (χ0n) is 33.2. The molecule has 0 N–H and O–H groups in total. The highest BCUT2D eigenvalue weighted by molar-refractivity contribution is 6.19. The highest BCUT2D eigenvalue weighted by Crippen LogP contribution is 2.49. The van der Waals surface area contributed by atoms with Crippen LogP contribution in [0, 0.1) is 0 Å². The molecule has 7 aromatic carbocycles. The molecule has 0 saturated carbocycles. The Labute approximate surface area is 338 Å². The van der Waals surface area contributed by atoms with Gasteiger partial charge in [-0.3, -0.25) is 4.57 Å². The van der Waals surface area contributed by atoms with Gasteiger partial charge in [-0.15, -0.1) is 0 Å². The predicted molar refractivity (Wildman–Crippen MR) is 240 cm³/mol. The molecular weight excluding hydrogens is 707 g/mol. The maximum absolute atomic E-state index is 5.21. The number of benzene rings is 7. The highest BCUT2D eigenvalue weighted by atomic mass is 15.2. The van der Waals surface area contributed by atoms with Crippen molar-refractivity contribution >= 4 is 43.6 Å². The summed E-state index contributed by atoms with van der Waals surface area (Å²) in [4.78, 5) is 15.4. The van der Waals surface area contributed by atoms with Crippen LogP contribution in [0.5, 0.6) is 0 Å². The zero-order valence-corrected chi connectivity index (χ0v) is 33.2. The largest absolute Gasteiger partial charge is 0.309 e. The summed E-state index contributed by atoms with van der Waals surface area (Å²) in [5, 5.41) is 4.74. The molecule has 1 aliphatic rings. The van der Waals surface area contributed by atoms with Gasteiger partial charge in [-0.05, 0) is 82.3 Å². The third-order valence-electron chi connectivity index (χ3n) is 12.6. The van der Waals surface area contributed by atoms with Crippen LogP contribution in [-0.2, 0) is 10.8 Å². The number of nitrogens with zero attached hydrogens (tertiary/aromatic N) is 5. The van der Waals surface area contributed by atoms with E-state index in [-0.39, 0.29) is 10.8 Å². The lowest BCUT2D eigenvalue weighted by atomic mass is 9.61. The van der Waals surface area contributed by atoms with Gasteiger partial charge in [0.25, 0.3) is 0 Å². The van der Waals surface area contributed by atoms with Crippen LogP contribution >= 0.6 is 0 Å². The van der Waals surface area contributed by atoms with Crippen LogP contribution in [0.1, 0.15) is 51.7 Å². The van der Waals surface area contributed by atoms with Gasteiger partial charge in [0.2, 0.25) is 5.95 Å². The summed E-state index contributed by atoms with van der Waals surface area (Å²) in [5.41, 5.74) is 13.2. The van der Waals surface area contributed by atoms with Crippen molar-refractivity contribution in [1.82, 2.24) is 24.1 Å². The molecule has 0 fully saturated rings. The molecule has 280 valence electrons. The first-order valence-electron chi connectivity index (χ1n) is 20.3. The average molecular weight is 750 g/mol. The number of aromatic nitrogens is 5. The lowest BCUT2D eigenvalue weighted by Gasteiger charge is -2.43. The molecule has 10 aromatic rings. The zero-order chi connectivity index (χ0) is 39.2. The Morgan fingerprint density at radius 1 is 0.414 bits per heavy atom. The molecule has 0 unspecified atom stereocenters. The van der Waals surface area contributed by atoms with Crippen molar-refractivity contribution < 1.29 is 0 Å². The van der Waals surface area contributed by atoms with Crippen LogP contribution < -0.4 is 0 Å². The molecule has 0 saturated heterocycles. The first-order chi connectivity index (χ1) is 28.2. The van der Waals surface area contributed by atoms with E-state index in [1.807, 2.05) is 36.4 Å². The van der Waals surface area contributed by atoms with E-state index in [0.29, 0.717) is 17.6 Å². The van der Waals surface area contributed by atoms with Gasteiger partial charge in [0, 0.05) is 38.4 Å². The summed E-state index contributed by atoms with van der Waals surface area (Å²) in [7, 11) is 0. The maximum Gasteiger partial charge on any atom is 0.238 e. The quantitative estimate of drug-likeness (QED) is 0.176. The Bertz CT molecular complexity index is 3160. The second-order valence-corrected chi connectivity index (χ2v) is 17.2. The second kappa shape index (κ2) is 12.8. The number of rotatable bonds is 5. The fraction of sp³-hybridized carbons (Fsp3) is 0.151. The van der Waals surface area contributed by atoms with Crippen molar-refractivity contribution in [2.45, 2.75) is 51.4 Å². The van der Waals surface area contributed by atoms with Crippen molar-refractivity contribution in [2.75, 3.05) is 0 Å². The molecule has 11 rings (SSSR count). The minimum atomic E-state index is 0.0824. The summed E-state index contributed by atoms with van der Waals surface area (Å²) in [6, 6.07) is 58.6. The minimum Gasteiger partial charge on any atom is -0.309 e. The van der Waals surface area contributed by atoms with E-state index in [0.717, 1.165) is 44.1 Å². The fourth-order valence-electron chi connectivity index (χ4n) is 9.61. The average Bonchev–Trinajstić information content (AvgIpc) is 3.77. The molecule has 3 heterocycles. The van der Waals surface area contributed by atoms with Gasteiger partial charge < -0.3 is 4.57 Å². The van der Waals surface area contributed by atoms with Crippen molar-refractivity contribution in [3.8, 4) is 45.5 Å². The van der Waals surface area contributed by atoms with Gasteiger partial charge in [-0.25, -0.2) is 4.98 Å². The summed E-state index contributed by atoms with van der Waals surface area (Å²) in [6.07, 6.45) is 2.36. The van der Waals surface area contributed by atoms with E-state index in [2.05, 4.69) is 164 Å². The number of hydrogen-bond acceptors (Lipinski definition) is 3. The lowest BCUT2D eigenvalue weighted by Crippen LogP contribution is -2.34. The molecular formula is C53H43N5. The third-order valence-corrected chi connectivity index (χ3v) is 12.6. The first-order valence-corrected chi connectivity index (χ1v) is 20.3. The molecule has 0 bridgehead atoms. The summed E-state index contributed by atoms with van der Waals surface area (Å²) < 4.78 is 4.67.